The molecule has 0 saturated carbocycles. The molecular formula is C19H19N3O4S3. The van der Waals surface area contributed by atoms with E-state index in [0.717, 1.165) is 5.56 Å². The Hall–Kier alpha value is -2.53. The Bertz CT molecular complexity index is 1210. The first-order valence-corrected chi connectivity index (χ1v) is 12.6. The van der Waals surface area contributed by atoms with Crippen molar-refractivity contribution in [2.75, 3.05) is 11.2 Å². The highest BCUT2D eigenvalue weighted by Gasteiger charge is 2.19. The topological polar surface area (TPSA) is 119 Å². The zero-order chi connectivity index (χ0) is 21.1. The SMILES string of the molecule is Cc1ccc(S(=O)(=O)C/C(=N\Nc2ccc(S(N)(=O)=O)cc2)c2ccsc2)cc1. The fraction of sp³-hybridized carbons (Fsp3) is 0.105. The monoisotopic (exact) mass is 449 g/mol. The van der Waals surface area contributed by atoms with E-state index in [1.165, 1.54) is 35.6 Å². The van der Waals surface area contributed by atoms with Crippen molar-refractivity contribution < 1.29 is 16.8 Å². The minimum atomic E-state index is -3.79. The molecular weight excluding hydrogens is 430 g/mol. The predicted molar refractivity (Wildman–Crippen MR) is 116 cm³/mol. The van der Waals surface area contributed by atoms with Gasteiger partial charge in [0.2, 0.25) is 10.0 Å². The lowest BCUT2D eigenvalue weighted by atomic mass is 10.2. The molecule has 0 spiro atoms. The Morgan fingerprint density at radius 1 is 0.966 bits per heavy atom. The van der Waals surface area contributed by atoms with Gasteiger partial charge in [0.05, 0.1) is 26.9 Å². The van der Waals surface area contributed by atoms with Gasteiger partial charge in [-0.3, -0.25) is 5.43 Å². The van der Waals surface area contributed by atoms with E-state index >= 15 is 0 Å². The molecule has 10 heteroatoms. The number of aryl methyl sites for hydroxylation is 1. The maximum Gasteiger partial charge on any atom is 0.238 e. The molecule has 3 rings (SSSR count). The number of benzene rings is 2. The van der Waals surface area contributed by atoms with Gasteiger partial charge in [-0.1, -0.05) is 17.7 Å². The van der Waals surface area contributed by atoms with Crippen molar-refractivity contribution in [1.82, 2.24) is 0 Å². The molecule has 3 N–H and O–H groups in total. The number of nitrogens with one attached hydrogen (secondary N) is 1. The van der Waals surface area contributed by atoms with Crippen LogP contribution in [0.2, 0.25) is 0 Å². The van der Waals surface area contributed by atoms with Crippen LogP contribution < -0.4 is 10.6 Å². The van der Waals surface area contributed by atoms with Crippen LogP contribution in [-0.4, -0.2) is 28.3 Å². The van der Waals surface area contributed by atoms with E-state index < -0.39 is 19.9 Å². The van der Waals surface area contributed by atoms with Crippen LogP contribution >= 0.6 is 11.3 Å². The molecule has 0 aliphatic carbocycles. The molecule has 0 aliphatic heterocycles. The van der Waals surface area contributed by atoms with Crippen molar-refractivity contribution in [3.63, 3.8) is 0 Å². The van der Waals surface area contributed by atoms with Crippen LogP contribution in [0.1, 0.15) is 11.1 Å². The number of hydrogen-bond donors (Lipinski definition) is 2. The number of thiophene rings is 1. The van der Waals surface area contributed by atoms with Crippen molar-refractivity contribution in [3.05, 3.63) is 76.5 Å². The quantitative estimate of drug-likeness (QED) is 0.425. The molecule has 1 aromatic heterocycles. The zero-order valence-electron chi connectivity index (χ0n) is 15.4. The summed E-state index contributed by atoms with van der Waals surface area (Å²) in [5.41, 5.74) is 5.30. The molecule has 0 bridgehead atoms. The molecule has 152 valence electrons. The van der Waals surface area contributed by atoms with Gasteiger partial charge in [0.1, 0.15) is 0 Å². The van der Waals surface area contributed by atoms with Gasteiger partial charge in [0.25, 0.3) is 0 Å². The summed E-state index contributed by atoms with van der Waals surface area (Å²) in [7, 11) is -7.38. The standard InChI is InChI=1S/C19H19N3O4S3/c1-14-2-6-17(7-3-14)28(23,24)13-19(15-10-11-27-12-15)22-21-16-4-8-18(9-5-16)29(20,25)26/h2-12,21H,13H2,1H3,(H2,20,25,26)/b22-19+. The molecule has 0 atom stereocenters. The summed E-state index contributed by atoms with van der Waals surface area (Å²) < 4.78 is 48.3. The van der Waals surface area contributed by atoms with Crippen molar-refractivity contribution in [2.24, 2.45) is 10.2 Å². The third kappa shape index (κ3) is 5.51. The minimum Gasteiger partial charge on any atom is -0.278 e. The van der Waals surface area contributed by atoms with E-state index in [-0.39, 0.29) is 15.5 Å². The highest BCUT2D eigenvalue weighted by atomic mass is 32.2. The van der Waals surface area contributed by atoms with Gasteiger partial charge in [-0.15, -0.1) is 0 Å². The Balaban J connectivity index is 1.87. The Morgan fingerprint density at radius 2 is 1.59 bits per heavy atom. The van der Waals surface area contributed by atoms with Gasteiger partial charge in [0, 0.05) is 5.56 Å². The maximum absolute atomic E-state index is 12.8. The number of hydrazone groups is 1. The summed E-state index contributed by atoms with van der Waals surface area (Å²) in [5.74, 6) is -0.283. The van der Waals surface area contributed by atoms with Gasteiger partial charge < -0.3 is 0 Å². The van der Waals surface area contributed by atoms with E-state index in [9.17, 15) is 16.8 Å². The Morgan fingerprint density at radius 3 is 2.14 bits per heavy atom. The second-order valence-corrected chi connectivity index (χ2v) is 10.7. The molecule has 0 aliphatic rings. The van der Waals surface area contributed by atoms with E-state index in [0.29, 0.717) is 17.0 Å². The first-order valence-electron chi connectivity index (χ1n) is 8.42. The molecule has 0 radical (unpaired) electrons. The summed E-state index contributed by atoms with van der Waals surface area (Å²) in [5, 5.41) is 13.0. The van der Waals surface area contributed by atoms with Crippen LogP contribution in [-0.2, 0) is 19.9 Å². The van der Waals surface area contributed by atoms with Gasteiger partial charge in [-0.25, -0.2) is 22.0 Å². The molecule has 29 heavy (non-hydrogen) atoms. The first-order chi connectivity index (χ1) is 13.6. The van der Waals surface area contributed by atoms with E-state index in [1.54, 1.807) is 30.3 Å². The average Bonchev–Trinajstić information content (AvgIpc) is 3.20. The third-order valence-electron chi connectivity index (χ3n) is 4.06. The molecule has 3 aromatic rings. The van der Waals surface area contributed by atoms with Gasteiger partial charge in [0.15, 0.2) is 9.84 Å². The number of nitrogens with two attached hydrogens (primary N) is 1. The van der Waals surface area contributed by atoms with Crippen LogP contribution in [0.15, 0.2) is 80.2 Å². The normalized spacial score (nSPS) is 12.7. The number of anilines is 1. The largest absolute Gasteiger partial charge is 0.278 e. The lowest BCUT2D eigenvalue weighted by Crippen LogP contribution is -2.18. The maximum atomic E-state index is 12.8. The van der Waals surface area contributed by atoms with E-state index in [2.05, 4.69) is 10.5 Å². The Kier molecular flexibility index (Phi) is 6.18. The summed E-state index contributed by atoms with van der Waals surface area (Å²) in [6, 6.07) is 14.1. The third-order valence-corrected chi connectivity index (χ3v) is 7.32. The Labute approximate surface area is 173 Å². The molecule has 7 nitrogen and oxygen atoms in total. The van der Waals surface area contributed by atoms with E-state index in [1.807, 2.05) is 17.7 Å². The van der Waals surface area contributed by atoms with Crippen LogP contribution in [0.5, 0.6) is 0 Å². The number of hydrogen-bond acceptors (Lipinski definition) is 7. The summed E-state index contributed by atoms with van der Waals surface area (Å²) in [6.07, 6.45) is 0. The van der Waals surface area contributed by atoms with Gasteiger partial charge in [-0.05, 0) is 60.1 Å². The second-order valence-electron chi connectivity index (χ2n) is 6.32. The van der Waals surface area contributed by atoms with Crippen LogP contribution in [0.3, 0.4) is 0 Å². The smallest absolute Gasteiger partial charge is 0.238 e. The highest BCUT2D eigenvalue weighted by molar-refractivity contribution is 7.92. The predicted octanol–water partition coefficient (Wildman–Crippen LogP) is 2.99. The van der Waals surface area contributed by atoms with Crippen LogP contribution in [0.25, 0.3) is 0 Å². The number of sulfone groups is 1. The fourth-order valence-corrected chi connectivity index (χ4v) is 4.96. The van der Waals surface area contributed by atoms with Crippen LogP contribution in [0, 0.1) is 6.92 Å². The number of sulfonamides is 1. The lowest BCUT2D eigenvalue weighted by Gasteiger charge is -2.09. The van der Waals surface area contributed by atoms with Crippen molar-refractivity contribution in [1.29, 1.82) is 0 Å². The number of rotatable bonds is 7. The number of nitrogens with zero attached hydrogens (tertiary/aromatic N) is 1. The first kappa shape index (κ1) is 21.2. The molecule has 0 fully saturated rings. The lowest BCUT2D eigenvalue weighted by molar-refractivity contribution is 0.596. The van der Waals surface area contributed by atoms with Gasteiger partial charge in [-0.2, -0.15) is 16.4 Å². The zero-order valence-corrected chi connectivity index (χ0v) is 17.9. The summed E-state index contributed by atoms with van der Waals surface area (Å²) >= 11 is 1.43. The minimum absolute atomic E-state index is 0.0213. The fourth-order valence-electron chi connectivity index (χ4n) is 2.47. The average molecular weight is 450 g/mol. The molecule has 0 amide bonds. The van der Waals surface area contributed by atoms with E-state index in [4.69, 9.17) is 5.14 Å². The van der Waals surface area contributed by atoms with Crippen molar-refractivity contribution >= 4 is 42.6 Å². The molecule has 0 unspecified atom stereocenters. The summed E-state index contributed by atoms with van der Waals surface area (Å²) in [6.45, 7) is 1.89. The van der Waals surface area contributed by atoms with Gasteiger partial charge >= 0.3 is 0 Å². The number of primary sulfonamides is 1. The van der Waals surface area contributed by atoms with Crippen LogP contribution in [0.4, 0.5) is 5.69 Å². The summed E-state index contributed by atoms with van der Waals surface area (Å²) in [4.78, 5) is 0.204. The molecule has 1 heterocycles. The molecule has 0 saturated heterocycles. The second kappa shape index (κ2) is 8.46. The highest BCUT2D eigenvalue weighted by Crippen LogP contribution is 2.17. The van der Waals surface area contributed by atoms with Crippen molar-refractivity contribution in [2.45, 2.75) is 16.7 Å². The molecule has 2 aromatic carbocycles. The van der Waals surface area contributed by atoms with Crippen molar-refractivity contribution in [3.8, 4) is 0 Å².